The third-order valence-corrected chi connectivity index (χ3v) is 10.9. The average Bonchev–Trinajstić information content (AvgIpc) is 3.31. The van der Waals surface area contributed by atoms with Crippen molar-refractivity contribution >= 4 is 17.3 Å². The molecule has 1 N–H and O–H groups in total. The molecule has 0 unspecified atom stereocenters. The van der Waals surface area contributed by atoms with E-state index in [0.29, 0.717) is 54.0 Å². The molecule has 0 bridgehead atoms. The maximum absolute atomic E-state index is 13.3. The van der Waals surface area contributed by atoms with E-state index >= 15 is 0 Å². The Morgan fingerprint density at radius 2 is 1.77 bits per heavy atom. The number of Topliss-reactive ketones (excluding diaryl/α,β-unsaturated/α-hetero) is 2. The Morgan fingerprint density at radius 3 is 2.48 bits per heavy atom. The van der Waals surface area contributed by atoms with E-state index in [9.17, 15) is 14.7 Å². The fourth-order valence-electron chi connectivity index (χ4n) is 9.23. The van der Waals surface area contributed by atoms with Crippen LogP contribution in [0.25, 0.3) is 0 Å². The summed E-state index contributed by atoms with van der Waals surface area (Å²) in [5, 5.41) is 10.2. The molecule has 31 heavy (non-hydrogen) atoms. The molecule has 10 atom stereocenters. The van der Waals surface area contributed by atoms with Crippen molar-refractivity contribution in [3.05, 3.63) is 0 Å². The minimum atomic E-state index is -0.295. The number of carbonyl (C=O) groups is 2. The highest BCUT2D eigenvalue weighted by Gasteiger charge is 2.62. The smallest absolute Gasteiger partial charge is 0.179 e. The van der Waals surface area contributed by atoms with Gasteiger partial charge in [-0.1, -0.05) is 27.7 Å². The number of fused-ring (bicyclic) bond motifs is 5. The first-order chi connectivity index (χ1) is 14.6. The number of carbonyl (C=O) groups excluding carboxylic acids is 2. The molecule has 0 spiro atoms. The second-order valence-corrected chi connectivity index (χ2v) is 12.5. The van der Waals surface area contributed by atoms with Crippen LogP contribution >= 0.6 is 0 Å². The van der Waals surface area contributed by atoms with Crippen molar-refractivity contribution in [2.75, 3.05) is 6.54 Å². The van der Waals surface area contributed by atoms with Gasteiger partial charge in [-0.15, -0.1) is 0 Å². The molecule has 4 heteroatoms. The van der Waals surface area contributed by atoms with Gasteiger partial charge in [-0.05, 0) is 91.8 Å². The summed E-state index contributed by atoms with van der Waals surface area (Å²) >= 11 is 0. The molecule has 0 aromatic rings. The Morgan fingerprint density at radius 1 is 1.06 bits per heavy atom. The first-order valence-electron chi connectivity index (χ1n) is 12.9. The third kappa shape index (κ3) is 3.21. The number of hydrogen-bond donors (Lipinski definition) is 1. The number of aliphatic hydroxyl groups is 1. The summed E-state index contributed by atoms with van der Waals surface area (Å²) in [4.78, 5) is 31.1. The standard InChI is InChI=1S/C27H41NO3/c1-15-11-23(28-14-15)25(31)16(2)19-5-6-20-18-13-24(30)22-12-17(29)7-9-27(22,4)21(18)8-10-26(19,20)3/h15-22,29H,5-14H2,1-4H3/t15-,16-,17-,18-,19+,20-,21+,22+,26+,27+/m0/s1. The number of rotatable bonds is 3. The van der Waals surface area contributed by atoms with Crippen LogP contribution in [0.1, 0.15) is 85.5 Å². The van der Waals surface area contributed by atoms with E-state index < -0.39 is 0 Å². The highest BCUT2D eigenvalue weighted by Crippen LogP contribution is 2.67. The molecule has 1 aliphatic heterocycles. The fourth-order valence-corrected chi connectivity index (χ4v) is 9.23. The van der Waals surface area contributed by atoms with E-state index in [1.165, 1.54) is 19.3 Å². The van der Waals surface area contributed by atoms with Crippen LogP contribution in [0.4, 0.5) is 0 Å². The van der Waals surface area contributed by atoms with Crippen LogP contribution in [0.2, 0.25) is 0 Å². The van der Waals surface area contributed by atoms with Crippen molar-refractivity contribution in [2.45, 2.75) is 91.6 Å². The molecule has 0 amide bonds. The summed E-state index contributed by atoms with van der Waals surface area (Å²) in [6, 6.07) is 0. The van der Waals surface area contributed by atoms with Crippen LogP contribution in [-0.2, 0) is 9.59 Å². The Balaban J connectivity index is 1.38. The number of aliphatic hydroxyl groups excluding tert-OH is 1. The van der Waals surface area contributed by atoms with E-state index in [4.69, 9.17) is 0 Å². The summed E-state index contributed by atoms with van der Waals surface area (Å²) in [6.07, 6.45) is 8.43. The van der Waals surface area contributed by atoms with Gasteiger partial charge in [-0.25, -0.2) is 0 Å². The van der Waals surface area contributed by atoms with Gasteiger partial charge in [0.2, 0.25) is 0 Å². The predicted octanol–water partition coefficient (Wildman–Crippen LogP) is 4.87. The van der Waals surface area contributed by atoms with Gasteiger partial charge in [0.1, 0.15) is 5.78 Å². The lowest BCUT2D eigenvalue weighted by molar-refractivity contribution is -0.160. The lowest BCUT2D eigenvalue weighted by Crippen LogP contribution is -2.57. The molecule has 4 saturated carbocycles. The Hall–Kier alpha value is -1.03. The molecule has 4 fully saturated rings. The summed E-state index contributed by atoms with van der Waals surface area (Å²) in [5.74, 6) is 3.36. The SMILES string of the molecule is C[C@@H]1CN=C(C(=O)[C@@H](C)[C@H]2CC[C@H]3[C@@H]4CC(=O)[C@H]5C[C@@H](O)CC[C@]5(C)[C@@H]4CC[C@]23C)C1. The van der Waals surface area contributed by atoms with E-state index in [-0.39, 0.29) is 28.8 Å². The van der Waals surface area contributed by atoms with Crippen molar-refractivity contribution in [2.24, 2.45) is 57.2 Å². The number of ketones is 2. The number of nitrogens with zero attached hydrogens (tertiary/aromatic N) is 1. The molecular weight excluding hydrogens is 386 g/mol. The predicted molar refractivity (Wildman–Crippen MR) is 122 cm³/mol. The van der Waals surface area contributed by atoms with Crippen LogP contribution in [0.15, 0.2) is 4.99 Å². The molecule has 0 radical (unpaired) electrons. The van der Waals surface area contributed by atoms with Gasteiger partial charge >= 0.3 is 0 Å². The van der Waals surface area contributed by atoms with Crippen LogP contribution in [0.5, 0.6) is 0 Å². The lowest BCUT2D eigenvalue weighted by atomic mass is 9.44. The van der Waals surface area contributed by atoms with Gasteiger partial charge in [-0.3, -0.25) is 14.6 Å². The summed E-state index contributed by atoms with van der Waals surface area (Å²) in [6.45, 7) is 9.94. The van der Waals surface area contributed by atoms with Crippen molar-refractivity contribution in [1.82, 2.24) is 0 Å². The maximum Gasteiger partial charge on any atom is 0.179 e. The van der Waals surface area contributed by atoms with Crippen LogP contribution in [0, 0.1) is 52.3 Å². The highest BCUT2D eigenvalue weighted by atomic mass is 16.3. The minimum absolute atomic E-state index is 0.0445. The summed E-state index contributed by atoms with van der Waals surface area (Å²) in [5.41, 5.74) is 1.07. The first-order valence-corrected chi connectivity index (χ1v) is 12.9. The largest absolute Gasteiger partial charge is 0.393 e. The van der Waals surface area contributed by atoms with Crippen molar-refractivity contribution < 1.29 is 14.7 Å². The van der Waals surface area contributed by atoms with Gasteiger partial charge in [0.15, 0.2) is 5.78 Å². The molecule has 0 aromatic carbocycles. The van der Waals surface area contributed by atoms with Crippen LogP contribution < -0.4 is 0 Å². The Bertz CT molecular complexity index is 804. The zero-order valence-corrected chi connectivity index (χ0v) is 19.9. The van der Waals surface area contributed by atoms with Gasteiger partial charge in [0.05, 0.1) is 11.8 Å². The summed E-state index contributed by atoms with van der Waals surface area (Å²) in [7, 11) is 0. The molecule has 1 heterocycles. The molecule has 5 aliphatic rings. The first kappa shape index (κ1) is 21.8. The van der Waals surface area contributed by atoms with Crippen LogP contribution in [-0.4, -0.2) is 35.0 Å². The van der Waals surface area contributed by atoms with E-state index in [2.05, 4.69) is 32.7 Å². The normalized spacial score (nSPS) is 50.3. The third-order valence-electron chi connectivity index (χ3n) is 10.9. The quantitative estimate of drug-likeness (QED) is 0.699. The van der Waals surface area contributed by atoms with Crippen molar-refractivity contribution in [1.29, 1.82) is 0 Å². The molecule has 4 nitrogen and oxygen atoms in total. The Kier molecular flexibility index (Phi) is 5.27. The topological polar surface area (TPSA) is 66.7 Å². The zero-order chi connectivity index (χ0) is 22.1. The van der Waals surface area contributed by atoms with E-state index in [1.807, 2.05) is 0 Å². The molecule has 4 aliphatic carbocycles. The molecule has 172 valence electrons. The highest BCUT2D eigenvalue weighted by molar-refractivity contribution is 6.41. The second kappa shape index (κ2) is 7.50. The Labute approximate surface area is 187 Å². The van der Waals surface area contributed by atoms with Gasteiger partial charge in [0, 0.05) is 24.8 Å². The molecule has 5 rings (SSSR count). The van der Waals surface area contributed by atoms with E-state index in [1.54, 1.807) is 0 Å². The molecule has 0 aromatic heterocycles. The second-order valence-electron chi connectivity index (χ2n) is 12.5. The number of aliphatic imine (C=N–C) groups is 1. The van der Waals surface area contributed by atoms with Crippen LogP contribution in [0.3, 0.4) is 0 Å². The number of hydrogen-bond acceptors (Lipinski definition) is 4. The van der Waals surface area contributed by atoms with Gasteiger partial charge in [0.25, 0.3) is 0 Å². The van der Waals surface area contributed by atoms with Crippen molar-refractivity contribution in [3.63, 3.8) is 0 Å². The molecule has 0 saturated heterocycles. The minimum Gasteiger partial charge on any atom is -0.393 e. The average molecular weight is 428 g/mol. The van der Waals surface area contributed by atoms with Gasteiger partial charge in [-0.2, -0.15) is 0 Å². The van der Waals surface area contributed by atoms with E-state index in [0.717, 1.165) is 37.9 Å². The lowest BCUT2D eigenvalue weighted by Gasteiger charge is -2.60. The van der Waals surface area contributed by atoms with Crippen molar-refractivity contribution in [3.8, 4) is 0 Å². The van der Waals surface area contributed by atoms with Gasteiger partial charge < -0.3 is 5.11 Å². The zero-order valence-electron chi connectivity index (χ0n) is 19.9. The fraction of sp³-hybridized carbons (Fsp3) is 0.889. The maximum atomic E-state index is 13.3. The molecular formula is C27H41NO3. The monoisotopic (exact) mass is 427 g/mol. The summed E-state index contributed by atoms with van der Waals surface area (Å²) < 4.78 is 0.